The van der Waals surface area contributed by atoms with E-state index in [1.165, 1.54) is 0 Å². The van der Waals surface area contributed by atoms with Gasteiger partial charge in [-0.2, -0.15) is 12.6 Å². The first kappa shape index (κ1) is 11.6. The van der Waals surface area contributed by atoms with Gasteiger partial charge in [-0.1, -0.05) is 5.16 Å². The molecule has 1 saturated heterocycles. The molecule has 1 spiro atoms. The third kappa shape index (κ3) is 2.00. The molecule has 0 aromatic carbocycles. The van der Waals surface area contributed by atoms with Crippen LogP contribution in [0.15, 0.2) is 5.16 Å². The van der Waals surface area contributed by atoms with E-state index >= 15 is 0 Å². The Morgan fingerprint density at radius 1 is 1.62 bits per heavy atom. The second-order valence-electron chi connectivity index (χ2n) is 4.06. The van der Waals surface area contributed by atoms with Gasteiger partial charge in [-0.05, 0) is 5.75 Å². The van der Waals surface area contributed by atoms with Crippen molar-refractivity contribution >= 4 is 24.2 Å². The third-order valence-electron chi connectivity index (χ3n) is 2.75. The van der Waals surface area contributed by atoms with E-state index in [4.69, 9.17) is 4.84 Å². The van der Waals surface area contributed by atoms with E-state index in [1.54, 1.807) is 4.90 Å². The highest BCUT2D eigenvalue weighted by Crippen LogP contribution is 2.35. The molecule has 2 aliphatic rings. The molecule has 0 aromatic heterocycles. The van der Waals surface area contributed by atoms with Crippen molar-refractivity contribution in [2.24, 2.45) is 5.16 Å². The van der Waals surface area contributed by atoms with Crippen LogP contribution in [0.25, 0.3) is 0 Å². The summed E-state index contributed by atoms with van der Waals surface area (Å²) in [6.45, 7) is 0.693. The van der Waals surface area contributed by atoms with Gasteiger partial charge in [0.15, 0.2) is 5.60 Å². The van der Waals surface area contributed by atoms with Crippen LogP contribution in [-0.2, 0) is 9.63 Å². The Balaban J connectivity index is 1.83. The zero-order chi connectivity index (χ0) is 11.8. The van der Waals surface area contributed by atoms with Crippen LogP contribution in [0.4, 0.5) is 8.78 Å². The number of halogens is 2. The van der Waals surface area contributed by atoms with Gasteiger partial charge in [-0.3, -0.25) is 4.79 Å². The first-order valence-electron chi connectivity index (χ1n) is 4.98. The minimum absolute atomic E-state index is 0.0188. The highest BCUT2D eigenvalue weighted by atomic mass is 32.1. The number of amides is 1. The SMILES string of the molecule is O=C(CCS)N1CC2(CC(C(F)F)=NO2)C1. The summed E-state index contributed by atoms with van der Waals surface area (Å²) in [5.74, 6) is 0.469. The van der Waals surface area contributed by atoms with Crippen LogP contribution in [0, 0.1) is 0 Å². The molecule has 2 rings (SSSR count). The zero-order valence-corrected chi connectivity index (χ0v) is 9.42. The predicted octanol–water partition coefficient (Wildman–Crippen LogP) is 0.929. The van der Waals surface area contributed by atoms with Gasteiger partial charge in [-0.25, -0.2) is 8.78 Å². The maximum atomic E-state index is 12.3. The lowest BCUT2D eigenvalue weighted by molar-refractivity contribution is -0.161. The molecule has 2 heterocycles. The van der Waals surface area contributed by atoms with Crippen LogP contribution >= 0.6 is 12.6 Å². The molecule has 0 saturated carbocycles. The fourth-order valence-corrected chi connectivity index (χ4v) is 2.11. The largest absolute Gasteiger partial charge is 0.385 e. The minimum atomic E-state index is -2.57. The number of likely N-dealkylation sites (tertiary alicyclic amines) is 1. The number of carbonyl (C=O) groups is 1. The van der Waals surface area contributed by atoms with Crippen LogP contribution in [0.2, 0.25) is 0 Å². The summed E-state index contributed by atoms with van der Waals surface area (Å²) in [4.78, 5) is 18.0. The quantitative estimate of drug-likeness (QED) is 0.757. The minimum Gasteiger partial charge on any atom is -0.385 e. The van der Waals surface area contributed by atoms with Crippen molar-refractivity contribution in [2.75, 3.05) is 18.8 Å². The third-order valence-corrected chi connectivity index (χ3v) is 2.97. The number of rotatable bonds is 3. The number of carbonyl (C=O) groups excluding carboxylic acids is 1. The number of thiol groups is 1. The smallest absolute Gasteiger partial charge is 0.279 e. The molecule has 1 amide bonds. The maximum absolute atomic E-state index is 12.3. The molecule has 0 atom stereocenters. The monoisotopic (exact) mass is 250 g/mol. The molecule has 2 aliphatic heterocycles. The van der Waals surface area contributed by atoms with E-state index in [-0.39, 0.29) is 18.0 Å². The second kappa shape index (κ2) is 4.20. The van der Waals surface area contributed by atoms with Gasteiger partial charge in [0.25, 0.3) is 6.43 Å². The number of hydrogen-bond acceptors (Lipinski definition) is 4. The fourth-order valence-electron chi connectivity index (χ4n) is 1.92. The Morgan fingerprint density at radius 2 is 2.31 bits per heavy atom. The maximum Gasteiger partial charge on any atom is 0.279 e. The van der Waals surface area contributed by atoms with Crippen molar-refractivity contribution in [2.45, 2.75) is 24.9 Å². The highest BCUT2D eigenvalue weighted by Gasteiger charge is 2.52. The Labute approximate surface area is 97.0 Å². The van der Waals surface area contributed by atoms with Crippen LogP contribution in [-0.4, -0.2) is 47.4 Å². The Morgan fingerprint density at radius 3 is 2.81 bits per heavy atom. The van der Waals surface area contributed by atoms with E-state index in [9.17, 15) is 13.6 Å². The van der Waals surface area contributed by atoms with Gasteiger partial charge < -0.3 is 9.74 Å². The van der Waals surface area contributed by atoms with E-state index in [2.05, 4.69) is 17.8 Å². The number of alkyl halides is 2. The molecular formula is C9H12F2N2O2S. The molecule has 0 aliphatic carbocycles. The van der Waals surface area contributed by atoms with Crippen LogP contribution < -0.4 is 0 Å². The summed E-state index contributed by atoms with van der Waals surface area (Å²) in [5, 5.41) is 3.36. The van der Waals surface area contributed by atoms with E-state index in [0.29, 0.717) is 25.3 Å². The Hall–Kier alpha value is -0.850. The fraction of sp³-hybridized carbons (Fsp3) is 0.778. The van der Waals surface area contributed by atoms with Crippen LogP contribution in [0.3, 0.4) is 0 Å². The highest BCUT2D eigenvalue weighted by molar-refractivity contribution is 7.80. The zero-order valence-electron chi connectivity index (χ0n) is 8.53. The van der Waals surface area contributed by atoms with Crippen molar-refractivity contribution in [1.29, 1.82) is 0 Å². The first-order valence-corrected chi connectivity index (χ1v) is 5.61. The van der Waals surface area contributed by atoms with E-state index in [1.807, 2.05) is 0 Å². The van der Waals surface area contributed by atoms with Crippen molar-refractivity contribution in [3.63, 3.8) is 0 Å². The van der Waals surface area contributed by atoms with Gasteiger partial charge in [-0.15, -0.1) is 0 Å². The van der Waals surface area contributed by atoms with Gasteiger partial charge in [0.05, 0.1) is 13.1 Å². The molecule has 0 bridgehead atoms. The lowest BCUT2D eigenvalue weighted by atomic mass is 9.88. The van der Waals surface area contributed by atoms with Crippen molar-refractivity contribution in [3.8, 4) is 0 Å². The first-order chi connectivity index (χ1) is 7.56. The van der Waals surface area contributed by atoms with Gasteiger partial charge in [0.2, 0.25) is 5.91 Å². The van der Waals surface area contributed by atoms with Gasteiger partial charge in [0, 0.05) is 12.8 Å². The van der Waals surface area contributed by atoms with Gasteiger partial charge in [0.1, 0.15) is 5.71 Å². The van der Waals surface area contributed by atoms with E-state index < -0.39 is 12.0 Å². The van der Waals surface area contributed by atoms with Crippen molar-refractivity contribution in [3.05, 3.63) is 0 Å². The average Bonchev–Trinajstić information content (AvgIpc) is 2.60. The molecule has 1 fully saturated rings. The summed E-state index contributed by atoms with van der Waals surface area (Å²) in [6, 6.07) is 0. The lowest BCUT2D eigenvalue weighted by Crippen LogP contribution is -2.63. The predicted molar refractivity (Wildman–Crippen MR) is 56.9 cm³/mol. The molecular weight excluding hydrogens is 238 g/mol. The topological polar surface area (TPSA) is 41.9 Å². The Kier molecular flexibility index (Phi) is 3.05. The number of hydrogen-bond donors (Lipinski definition) is 1. The van der Waals surface area contributed by atoms with Crippen molar-refractivity contribution in [1.82, 2.24) is 4.90 Å². The van der Waals surface area contributed by atoms with E-state index in [0.717, 1.165) is 0 Å². The summed E-state index contributed by atoms with van der Waals surface area (Å²) < 4.78 is 24.6. The molecule has 0 aromatic rings. The molecule has 0 unspecified atom stereocenters. The molecule has 7 heteroatoms. The molecule has 90 valence electrons. The summed E-state index contributed by atoms with van der Waals surface area (Å²) >= 11 is 3.96. The average molecular weight is 250 g/mol. The summed E-state index contributed by atoms with van der Waals surface area (Å²) in [7, 11) is 0. The number of oxime groups is 1. The van der Waals surface area contributed by atoms with Crippen molar-refractivity contribution < 1.29 is 18.4 Å². The summed E-state index contributed by atoms with van der Waals surface area (Å²) in [6.07, 6.45) is -2.08. The Bertz CT molecular complexity index is 329. The molecule has 0 N–H and O–H groups in total. The standard InChI is InChI=1S/C9H12F2N2O2S/c10-8(11)6-3-9(15-12-6)4-13(5-9)7(14)1-2-16/h8,16H,1-5H2. The summed E-state index contributed by atoms with van der Waals surface area (Å²) in [5.41, 5.74) is -0.904. The normalized spacial score (nSPS) is 22.0. The molecule has 0 radical (unpaired) electrons. The van der Waals surface area contributed by atoms with Crippen LogP contribution in [0.1, 0.15) is 12.8 Å². The van der Waals surface area contributed by atoms with Crippen LogP contribution in [0.5, 0.6) is 0 Å². The molecule has 16 heavy (non-hydrogen) atoms. The molecule has 4 nitrogen and oxygen atoms in total. The second-order valence-corrected chi connectivity index (χ2v) is 4.51. The lowest BCUT2D eigenvalue weighted by Gasteiger charge is -2.45. The van der Waals surface area contributed by atoms with Gasteiger partial charge >= 0.3 is 0 Å². The number of nitrogens with zero attached hydrogens (tertiary/aromatic N) is 2.